The monoisotopic (exact) mass is 238 g/mol. The molecule has 0 aromatic rings. The highest BCUT2D eigenvalue weighted by Crippen LogP contribution is 2.21. The average molecular weight is 238 g/mol. The molecule has 0 aliphatic rings. The summed E-state index contributed by atoms with van der Waals surface area (Å²) in [6, 6.07) is 0. The molecule has 2 unspecified atom stereocenters. The van der Waals surface area contributed by atoms with E-state index in [9.17, 15) is 4.79 Å². The zero-order valence-electron chi connectivity index (χ0n) is 12.2. The molecular weight excluding hydrogens is 208 g/mol. The van der Waals surface area contributed by atoms with E-state index in [1.165, 1.54) is 32.1 Å². The highest BCUT2D eigenvalue weighted by atomic mass is 16.1. The fourth-order valence-corrected chi connectivity index (χ4v) is 2.21. The van der Waals surface area contributed by atoms with Gasteiger partial charge in [0.15, 0.2) is 0 Å². The van der Waals surface area contributed by atoms with Crippen molar-refractivity contribution >= 4 is 5.78 Å². The Morgan fingerprint density at radius 3 is 2.35 bits per heavy atom. The second-order valence-electron chi connectivity index (χ2n) is 5.18. The predicted molar refractivity (Wildman–Crippen MR) is 76.1 cm³/mol. The summed E-state index contributed by atoms with van der Waals surface area (Å²) in [5.41, 5.74) is 0. The Labute approximate surface area is 108 Å². The minimum absolute atomic E-state index is 0.142. The number of allylic oxidation sites excluding steroid dienone is 2. The number of hydrogen-bond acceptors (Lipinski definition) is 1. The average Bonchev–Trinajstić information content (AvgIpc) is 2.29. The van der Waals surface area contributed by atoms with Crippen molar-refractivity contribution in [1.82, 2.24) is 0 Å². The molecule has 100 valence electrons. The van der Waals surface area contributed by atoms with E-state index < -0.39 is 0 Å². The van der Waals surface area contributed by atoms with Gasteiger partial charge < -0.3 is 0 Å². The van der Waals surface area contributed by atoms with Gasteiger partial charge in [-0.15, -0.1) is 0 Å². The van der Waals surface area contributed by atoms with E-state index in [1.807, 2.05) is 0 Å². The van der Waals surface area contributed by atoms with Crippen molar-refractivity contribution in [2.45, 2.75) is 72.6 Å². The molecule has 0 amide bonds. The summed E-state index contributed by atoms with van der Waals surface area (Å²) in [5.74, 6) is 0.959. The molecule has 0 aliphatic carbocycles. The third-order valence-electron chi connectivity index (χ3n) is 3.39. The number of carbonyl (C=O) groups excluding carboxylic acids is 1. The topological polar surface area (TPSA) is 17.1 Å². The van der Waals surface area contributed by atoms with Crippen molar-refractivity contribution in [2.24, 2.45) is 11.8 Å². The van der Waals surface area contributed by atoms with Crippen molar-refractivity contribution in [3.63, 3.8) is 0 Å². The van der Waals surface area contributed by atoms with Crippen LogP contribution in [-0.2, 0) is 4.79 Å². The van der Waals surface area contributed by atoms with Crippen LogP contribution in [0.3, 0.4) is 0 Å². The van der Waals surface area contributed by atoms with Gasteiger partial charge >= 0.3 is 0 Å². The van der Waals surface area contributed by atoms with Crippen LogP contribution in [0.5, 0.6) is 0 Å². The molecule has 0 rings (SSSR count). The quantitative estimate of drug-likeness (QED) is 0.380. The minimum Gasteiger partial charge on any atom is -0.299 e. The van der Waals surface area contributed by atoms with E-state index in [4.69, 9.17) is 0 Å². The van der Waals surface area contributed by atoms with E-state index in [0.29, 0.717) is 11.7 Å². The van der Waals surface area contributed by atoms with E-state index >= 15 is 0 Å². The number of carbonyl (C=O) groups is 1. The fraction of sp³-hybridized carbons (Fsp3) is 0.812. The molecule has 0 fully saturated rings. The molecular formula is C16H30O. The lowest BCUT2D eigenvalue weighted by molar-refractivity contribution is -0.120. The highest BCUT2D eigenvalue weighted by Gasteiger charge is 2.18. The first-order valence-corrected chi connectivity index (χ1v) is 7.30. The summed E-state index contributed by atoms with van der Waals surface area (Å²) in [5, 5.41) is 0. The lowest BCUT2D eigenvalue weighted by Crippen LogP contribution is -2.17. The smallest absolute Gasteiger partial charge is 0.136 e. The third kappa shape index (κ3) is 8.18. The molecule has 0 saturated heterocycles. The van der Waals surface area contributed by atoms with Gasteiger partial charge in [0.1, 0.15) is 5.78 Å². The Balaban J connectivity index is 4.06. The first kappa shape index (κ1) is 16.4. The van der Waals surface area contributed by atoms with Gasteiger partial charge in [0.25, 0.3) is 0 Å². The van der Waals surface area contributed by atoms with E-state index in [-0.39, 0.29) is 5.92 Å². The van der Waals surface area contributed by atoms with Gasteiger partial charge in [-0.2, -0.15) is 0 Å². The van der Waals surface area contributed by atoms with Gasteiger partial charge in [-0.05, 0) is 25.7 Å². The molecule has 0 spiro atoms. The molecule has 0 saturated carbocycles. The SMILES string of the molecule is CCCC=CC(C(C)=O)C(C)CCCCCC. The number of unbranched alkanes of at least 4 members (excludes halogenated alkanes) is 4. The molecule has 1 heteroatoms. The van der Waals surface area contributed by atoms with Crippen LogP contribution in [0, 0.1) is 11.8 Å². The molecule has 0 radical (unpaired) electrons. The van der Waals surface area contributed by atoms with Gasteiger partial charge in [-0.25, -0.2) is 0 Å². The first-order valence-electron chi connectivity index (χ1n) is 7.30. The van der Waals surface area contributed by atoms with Crippen LogP contribution >= 0.6 is 0 Å². The van der Waals surface area contributed by atoms with Gasteiger partial charge in [0.2, 0.25) is 0 Å². The Morgan fingerprint density at radius 2 is 1.82 bits per heavy atom. The Hall–Kier alpha value is -0.590. The fourth-order valence-electron chi connectivity index (χ4n) is 2.21. The summed E-state index contributed by atoms with van der Waals surface area (Å²) >= 11 is 0. The van der Waals surface area contributed by atoms with Gasteiger partial charge in [-0.3, -0.25) is 4.79 Å². The highest BCUT2D eigenvalue weighted by molar-refractivity contribution is 5.80. The number of ketones is 1. The summed E-state index contributed by atoms with van der Waals surface area (Å²) in [4.78, 5) is 11.6. The zero-order chi connectivity index (χ0) is 13.1. The largest absolute Gasteiger partial charge is 0.299 e. The molecule has 0 aromatic heterocycles. The molecule has 0 aromatic carbocycles. The van der Waals surface area contributed by atoms with Crippen molar-refractivity contribution < 1.29 is 4.79 Å². The van der Waals surface area contributed by atoms with Crippen molar-refractivity contribution in [2.75, 3.05) is 0 Å². The number of hydrogen-bond donors (Lipinski definition) is 0. The predicted octanol–water partition coefficient (Wildman–Crippen LogP) is 5.15. The maximum atomic E-state index is 11.6. The van der Waals surface area contributed by atoms with Crippen molar-refractivity contribution in [1.29, 1.82) is 0 Å². The van der Waals surface area contributed by atoms with Crippen LogP contribution in [0.15, 0.2) is 12.2 Å². The number of Topliss-reactive ketones (excluding diaryl/α,β-unsaturated/α-hetero) is 1. The second kappa shape index (κ2) is 10.6. The van der Waals surface area contributed by atoms with Crippen molar-refractivity contribution in [3.05, 3.63) is 12.2 Å². The molecule has 1 nitrogen and oxygen atoms in total. The normalized spacial score (nSPS) is 15.1. The summed E-state index contributed by atoms with van der Waals surface area (Å²) in [6.07, 6.45) is 12.9. The third-order valence-corrected chi connectivity index (χ3v) is 3.39. The standard InChI is InChI=1S/C16H30O/c1-5-7-9-11-12-14(3)16(15(4)17)13-10-8-6-2/h10,13-14,16H,5-9,11-12H2,1-4H3. The summed E-state index contributed by atoms with van der Waals surface area (Å²) in [7, 11) is 0. The molecule has 0 aliphatic heterocycles. The Bertz CT molecular complexity index is 218. The lowest BCUT2D eigenvalue weighted by atomic mass is 9.86. The minimum atomic E-state index is 0.142. The van der Waals surface area contributed by atoms with E-state index in [0.717, 1.165) is 12.8 Å². The van der Waals surface area contributed by atoms with Crippen molar-refractivity contribution in [3.8, 4) is 0 Å². The molecule has 17 heavy (non-hydrogen) atoms. The second-order valence-corrected chi connectivity index (χ2v) is 5.18. The van der Waals surface area contributed by atoms with Gasteiger partial charge in [0, 0.05) is 5.92 Å². The van der Waals surface area contributed by atoms with Crippen LogP contribution in [0.4, 0.5) is 0 Å². The van der Waals surface area contributed by atoms with Crippen LogP contribution in [0.1, 0.15) is 72.6 Å². The Kier molecular flexibility index (Phi) is 10.2. The van der Waals surface area contributed by atoms with Gasteiger partial charge in [-0.1, -0.05) is 65.0 Å². The Morgan fingerprint density at radius 1 is 1.12 bits per heavy atom. The summed E-state index contributed by atoms with van der Waals surface area (Å²) in [6.45, 7) is 8.34. The van der Waals surface area contributed by atoms with E-state index in [2.05, 4.69) is 32.9 Å². The van der Waals surface area contributed by atoms with Crippen LogP contribution in [0.2, 0.25) is 0 Å². The molecule has 0 bridgehead atoms. The van der Waals surface area contributed by atoms with Crippen LogP contribution in [-0.4, -0.2) is 5.78 Å². The van der Waals surface area contributed by atoms with Crippen LogP contribution in [0.25, 0.3) is 0 Å². The van der Waals surface area contributed by atoms with Crippen LogP contribution < -0.4 is 0 Å². The molecule has 0 N–H and O–H groups in total. The summed E-state index contributed by atoms with van der Waals surface area (Å²) < 4.78 is 0. The lowest BCUT2D eigenvalue weighted by Gasteiger charge is -2.18. The first-order chi connectivity index (χ1) is 8.13. The number of rotatable bonds is 10. The zero-order valence-corrected chi connectivity index (χ0v) is 12.2. The van der Waals surface area contributed by atoms with E-state index in [1.54, 1.807) is 6.92 Å². The van der Waals surface area contributed by atoms with Gasteiger partial charge in [0.05, 0.1) is 0 Å². The maximum absolute atomic E-state index is 11.6. The molecule has 0 heterocycles. The maximum Gasteiger partial charge on any atom is 0.136 e. The molecule has 2 atom stereocenters.